The molecule has 172 valence electrons. The molecule has 0 N–H and O–H groups in total. The quantitative estimate of drug-likeness (QED) is 0.545. The zero-order valence-corrected chi connectivity index (χ0v) is 19.9. The molecule has 8 nitrogen and oxygen atoms in total. The second kappa shape index (κ2) is 8.89. The first kappa shape index (κ1) is 22.8. The van der Waals surface area contributed by atoms with Gasteiger partial charge in [-0.3, -0.25) is 4.79 Å². The number of carbonyl (C=O) groups excluding carboxylic acids is 1. The molecule has 3 heterocycles. The number of hydrogen-bond donors (Lipinski definition) is 0. The number of aryl methyl sites for hydroxylation is 1. The molecule has 1 amide bonds. The van der Waals surface area contributed by atoms with E-state index in [4.69, 9.17) is 0 Å². The van der Waals surface area contributed by atoms with Gasteiger partial charge in [-0.25, -0.2) is 9.07 Å². The minimum atomic E-state index is -3.50. The van der Waals surface area contributed by atoms with Gasteiger partial charge in [0.1, 0.15) is 10.6 Å². The Labute approximate surface area is 191 Å². The maximum Gasteiger partial charge on any atom is 0.282 e. The van der Waals surface area contributed by atoms with Gasteiger partial charge in [0.05, 0.1) is 16.3 Å². The van der Waals surface area contributed by atoms with E-state index in [0.717, 1.165) is 21.6 Å². The Kier molecular flexibility index (Phi) is 6.35. The van der Waals surface area contributed by atoms with Crippen LogP contribution in [0.25, 0.3) is 15.9 Å². The van der Waals surface area contributed by atoms with Crippen molar-refractivity contribution < 1.29 is 17.6 Å². The average Bonchev–Trinajstić information content (AvgIpc) is 3.35. The number of amides is 1. The van der Waals surface area contributed by atoms with Gasteiger partial charge < -0.3 is 4.90 Å². The van der Waals surface area contributed by atoms with Crippen molar-refractivity contribution in [2.24, 2.45) is 0 Å². The topological polar surface area (TPSA) is 78.8 Å². The van der Waals surface area contributed by atoms with E-state index in [1.807, 2.05) is 26.8 Å². The van der Waals surface area contributed by atoms with Crippen molar-refractivity contribution in [1.82, 2.24) is 23.3 Å². The Balaban J connectivity index is 1.53. The van der Waals surface area contributed by atoms with Crippen LogP contribution in [0, 0.1) is 12.7 Å². The van der Waals surface area contributed by atoms with Crippen LogP contribution < -0.4 is 0 Å². The number of thiophene rings is 1. The van der Waals surface area contributed by atoms with Crippen LogP contribution in [0.5, 0.6) is 0 Å². The number of piperazine rings is 1. The number of hydrogen-bond acceptors (Lipinski definition) is 5. The van der Waals surface area contributed by atoms with E-state index in [9.17, 15) is 17.6 Å². The minimum Gasteiger partial charge on any atom is -0.335 e. The number of benzene rings is 1. The van der Waals surface area contributed by atoms with Gasteiger partial charge in [0.25, 0.3) is 16.1 Å². The smallest absolute Gasteiger partial charge is 0.282 e. The molecule has 0 bridgehead atoms. The first-order valence-electron chi connectivity index (χ1n) is 10.6. The van der Waals surface area contributed by atoms with Crippen LogP contribution in [0.4, 0.5) is 4.39 Å². The fourth-order valence-corrected chi connectivity index (χ4v) is 6.66. The molecule has 1 saturated heterocycles. The van der Waals surface area contributed by atoms with Crippen LogP contribution in [0.3, 0.4) is 0 Å². The minimum absolute atomic E-state index is 0.115. The molecule has 0 atom stereocenters. The van der Waals surface area contributed by atoms with Gasteiger partial charge in [-0.05, 0) is 37.3 Å². The Hall–Kier alpha value is -2.34. The van der Waals surface area contributed by atoms with Crippen molar-refractivity contribution in [3.8, 4) is 5.69 Å². The first-order chi connectivity index (χ1) is 15.3. The summed E-state index contributed by atoms with van der Waals surface area (Å²) in [6.07, 6.45) is 0. The molecule has 4 rings (SSSR count). The molecular weight excluding hydrogens is 453 g/mol. The van der Waals surface area contributed by atoms with Crippen LogP contribution in [0.15, 0.2) is 30.3 Å². The van der Waals surface area contributed by atoms with E-state index in [-0.39, 0.29) is 24.8 Å². The molecule has 0 spiro atoms. The third-order valence-corrected chi connectivity index (χ3v) is 9.00. The molecule has 0 aliphatic carbocycles. The molecule has 32 heavy (non-hydrogen) atoms. The molecule has 0 unspecified atom stereocenters. The molecule has 3 aromatic rings. The molecule has 2 aromatic heterocycles. The number of halogens is 1. The van der Waals surface area contributed by atoms with Gasteiger partial charge in [0.2, 0.25) is 0 Å². The summed E-state index contributed by atoms with van der Waals surface area (Å²) in [6, 6.07) is 7.90. The maximum atomic E-state index is 13.3. The van der Waals surface area contributed by atoms with Gasteiger partial charge in [-0.2, -0.15) is 22.1 Å². The molecule has 11 heteroatoms. The SMILES string of the molecule is CCN(CC)S(=O)(=O)N1CCN(C(=O)c2cc3c(C)nn(-c4ccc(F)cc4)c3s2)CC1. The van der Waals surface area contributed by atoms with Crippen molar-refractivity contribution in [2.45, 2.75) is 20.8 Å². The number of fused-ring (bicyclic) bond motifs is 1. The fraction of sp³-hybridized carbons (Fsp3) is 0.429. The zero-order chi connectivity index (χ0) is 23.0. The van der Waals surface area contributed by atoms with E-state index >= 15 is 0 Å². The molecule has 0 saturated carbocycles. The molecule has 1 aromatic carbocycles. The van der Waals surface area contributed by atoms with Crippen molar-refractivity contribution >= 4 is 37.7 Å². The lowest BCUT2D eigenvalue weighted by Crippen LogP contribution is -2.54. The second-order valence-corrected chi connectivity index (χ2v) is 10.5. The summed E-state index contributed by atoms with van der Waals surface area (Å²) in [5, 5.41) is 5.41. The summed E-state index contributed by atoms with van der Waals surface area (Å²) in [6.45, 7) is 7.59. The van der Waals surface area contributed by atoms with E-state index in [1.54, 1.807) is 21.7 Å². The summed E-state index contributed by atoms with van der Waals surface area (Å²) in [4.78, 5) is 16.3. The van der Waals surface area contributed by atoms with E-state index in [0.29, 0.717) is 31.1 Å². The summed E-state index contributed by atoms with van der Waals surface area (Å²) in [5.74, 6) is -0.436. The third kappa shape index (κ3) is 4.05. The van der Waals surface area contributed by atoms with Gasteiger partial charge in [0.15, 0.2) is 0 Å². The predicted octanol–water partition coefficient (Wildman–Crippen LogP) is 2.88. The standard InChI is InChI=1S/C21H26FN5O3S2/c1-4-25(5-2)32(29,30)26-12-10-24(11-13-26)20(28)19-14-18-15(3)23-27(21(18)31-19)17-8-6-16(22)7-9-17/h6-9,14H,4-5,10-13H2,1-3H3. The Morgan fingerprint density at radius 2 is 1.75 bits per heavy atom. The highest BCUT2D eigenvalue weighted by Crippen LogP contribution is 2.31. The van der Waals surface area contributed by atoms with Gasteiger partial charge in [0, 0.05) is 44.7 Å². The van der Waals surface area contributed by atoms with Gasteiger partial charge >= 0.3 is 0 Å². The van der Waals surface area contributed by atoms with E-state index < -0.39 is 10.2 Å². The van der Waals surface area contributed by atoms with E-state index in [1.165, 1.54) is 32.1 Å². The summed E-state index contributed by atoms with van der Waals surface area (Å²) in [5.41, 5.74) is 1.51. The van der Waals surface area contributed by atoms with Crippen molar-refractivity contribution in [2.75, 3.05) is 39.3 Å². The van der Waals surface area contributed by atoms with Gasteiger partial charge in [-0.15, -0.1) is 11.3 Å². The van der Waals surface area contributed by atoms with E-state index in [2.05, 4.69) is 5.10 Å². The summed E-state index contributed by atoms with van der Waals surface area (Å²) >= 11 is 1.34. The van der Waals surface area contributed by atoms with Crippen LogP contribution in [0.2, 0.25) is 0 Å². The lowest BCUT2D eigenvalue weighted by Gasteiger charge is -2.36. The normalized spacial score (nSPS) is 15.7. The Bertz CT molecular complexity index is 1220. The Morgan fingerprint density at radius 3 is 2.34 bits per heavy atom. The van der Waals surface area contributed by atoms with Crippen molar-refractivity contribution in [1.29, 1.82) is 0 Å². The largest absolute Gasteiger partial charge is 0.335 e. The van der Waals surface area contributed by atoms with Crippen LogP contribution in [-0.4, -0.2) is 76.9 Å². The van der Waals surface area contributed by atoms with Crippen molar-refractivity contribution in [3.63, 3.8) is 0 Å². The first-order valence-corrected chi connectivity index (χ1v) is 12.8. The third-order valence-electron chi connectivity index (χ3n) is 5.71. The molecule has 1 fully saturated rings. The van der Waals surface area contributed by atoms with Crippen LogP contribution in [0.1, 0.15) is 29.2 Å². The summed E-state index contributed by atoms with van der Waals surface area (Å²) in [7, 11) is -3.50. The fourth-order valence-electron chi connectivity index (χ4n) is 3.90. The second-order valence-electron chi connectivity index (χ2n) is 7.59. The highest BCUT2D eigenvalue weighted by Gasteiger charge is 2.33. The number of rotatable bonds is 6. The zero-order valence-electron chi connectivity index (χ0n) is 18.3. The maximum absolute atomic E-state index is 13.3. The van der Waals surface area contributed by atoms with Crippen molar-refractivity contribution in [3.05, 3.63) is 46.7 Å². The molecule has 0 radical (unpaired) electrons. The number of carbonyl (C=O) groups is 1. The van der Waals surface area contributed by atoms with Crippen LogP contribution in [-0.2, 0) is 10.2 Å². The lowest BCUT2D eigenvalue weighted by atomic mass is 10.2. The number of nitrogens with zero attached hydrogens (tertiary/aromatic N) is 5. The lowest BCUT2D eigenvalue weighted by molar-refractivity contribution is 0.0699. The van der Waals surface area contributed by atoms with Crippen LogP contribution >= 0.6 is 11.3 Å². The summed E-state index contributed by atoms with van der Waals surface area (Å²) < 4.78 is 43.4. The molecular formula is C21H26FN5O3S2. The monoisotopic (exact) mass is 479 g/mol. The predicted molar refractivity (Wildman–Crippen MR) is 123 cm³/mol. The Morgan fingerprint density at radius 1 is 1.12 bits per heavy atom. The van der Waals surface area contributed by atoms with Gasteiger partial charge in [-0.1, -0.05) is 13.8 Å². The molecule has 1 aliphatic heterocycles. The number of aromatic nitrogens is 2. The molecule has 1 aliphatic rings. The highest BCUT2D eigenvalue weighted by molar-refractivity contribution is 7.86. The average molecular weight is 480 g/mol. The highest BCUT2D eigenvalue weighted by atomic mass is 32.2.